The predicted molar refractivity (Wildman–Crippen MR) is 61.7 cm³/mol. The number of benzene rings is 2. The Morgan fingerprint density at radius 3 is 2.27 bits per heavy atom. The molecule has 0 saturated heterocycles. The van der Waals surface area contributed by atoms with Crippen LogP contribution in [0.2, 0.25) is 0 Å². The molecule has 0 heterocycles. The highest BCUT2D eigenvalue weighted by molar-refractivity contribution is 7.99. The fourth-order valence-electron chi connectivity index (χ4n) is 1.26. The number of halogens is 1. The molecule has 0 amide bonds. The molecule has 76 valence electrons. The molecule has 0 N–H and O–H groups in total. The molecule has 0 nitrogen and oxygen atoms in total. The zero-order chi connectivity index (χ0) is 10.7. The van der Waals surface area contributed by atoms with Gasteiger partial charge in [-0.15, -0.1) is 0 Å². The zero-order valence-electron chi connectivity index (χ0n) is 8.41. The first-order valence-electron chi connectivity index (χ1n) is 4.75. The summed E-state index contributed by atoms with van der Waals surface area (Å²) in [6.45, 7) is 2.04. The Bertz CT molecular complexity index is 448. The van der Waals surface area contributed by atoms with Gasteiger partial charge in [0.25, 0.3) is 0 Å². The third-order valence-electron chi connectivity index (χ3n) is 2.09. The van der Waals surface area contributed by atoms with E-state index in [9.17, 15) is 4.39 Å². The van der Waals surface area contributed by atoms with Crippen molar-refractivity contribution in [2.24, 2.45) is 0 Å². The highest BCUT2D eigenvalue weighted by Crippen LogP contribution is 2.29. The van der Waals surface area contributed by atoms with Gasteiger partial charge in [0, 0.05) is 9.79 Å². The highest BCUT2D eigenvalue weighted by Gasteiger charge is 2.02. The van der Waals surface area contributed by atoms with Crippen LogP contribution in [0.5, 0.6) is 0 Å². The second-order valence-electron chi connectivity index (χ2n) is 3.35. The number of hydrogen-bond acceptors (Lipinski definition) is 1. The first-order chi connectivity index (χ1) is 7.25. The predicted octanol–water partition coefficient (Wildman–Crippen LogP) is 4.29. The highest BCUT2D eigenvalue weighted by atomic mass is 32.2. The van der Waals surface area contributed by atoms with Crippen LogP contribution >= 0.6 is 11.8 Å². The van der Waals surface area contributed by atoms with Crippen molar-refractivity contribution in [3.8, 4) is 0 Å². The SMILES string of the molecule is Cc1ccc(Sc2ccccc2F)cc1. The number of rotatable bonds is 2. The fraction of sp³-hybridized carbons (Fsp3) is 0.0769. The third-order valence-corrected chi connectivity index (χ3v) is 3.14. The minimum absolute atomic E-state index is 0.164. The van der Waals surface area contributed by atoms with Crippen molar-refractivity contribution in [1.82, 2.24) is 0 Å². The second-order valence-corrected chi connectivity index (χ2v) is 4.46. The molecule has 0 aliphatic heterocycles. The van der Waals surface area contributed by atoms with Gasteiger partial charge in [-0.3, -0.25) is 0 Å². The first-order valence-corrected chi connectivity index (χ1v) is 5.56. The zero-order valence-corrected chi connectivity index (χ0v) is 9.22. The maximum absolute atomic E-state index is 13.3. The summed E-state index contributed by atoms with van der Waals surface area (Å²) in [6.07, 6.45) is 0. The molecule has 15 heavy (non-hydrogen) atoms. The second kappa shape index (κ2) is 4.49. The molecule has 0 aromatic heterocycles. The van der Waals surface area contributed by atoms with Gasteiger partial charge in [0.2, 0.25) is 0 Å². The third kappa shape index (κ3) is 2.60. The smallest absolute Gasteiger partial charge is 0.137 e. The molecule has 2 rings (SSSR count). The minimum Gasteiger partial charge on any atom is -0.206 e. The van der Waals surface area contributed by atoms with Crippen molar-refractivity contribution in [3.63, 3.8) is 0 Å². The monoisotopic (exact) mass is 218 g/mol. The summed E-state index contributed by atoms with van der Waals surface area (Å²) in [5, 5.41) is 0. The Kier molecular flexibility index (Phi) is 3.07. The topological polar surface area (TPSA) is 0 Å². The van der Waals surface area contributed by atoms with Gasteiger partial charge in [-0.2, -0.15) is 0 Å². The van der Waals surface area contributed by atoms with Gasteiger partial charge in [0.15, 0.2) is 0 Å². The molecular weight excluding hydrogens is 207 g/mol. The number of aryl methyl sites for hydroxylation is 1. The van der Waals surface area contributed by atoms with E-state index in [4.69, 9.17) is 0 Å². The van der Waals surface area contributed by atoms with E-state index in [1.807, 2.05) is 37.3 Å². The Labute approximate surface area is 93.1 Å². The van der Waals surface area contributed by atoms with Gasteiger partial charge in [-0.05, 0) is 31.2 Å². The average Bonchev–Trinajstić information content (AvgIpc) is 2.25. The molecule has 0 aliphatic rings. The molecule has 2 aromatic rings. The van der Waals surface area contributed by atoms with E-state index in [0.29, 0.717) is 4.90 Å². The van der Waals surface area contributed by atoms with Gasteiger partial charge >= 0.3 is 0 Å². The summed E-state index contributed by atoms with van der Waals surface area (Å²) in [4.78, 5) is 1.73. The van der Waals surface area contributed by atoms with Gasteiger partial charge < -0.3 is 0 Å². The lowest BCUT2D eigenvalue weighted by molar-refractivity contribution is 0.602. The van der Waals surface area contributed by atoms with E-state index >= 15 is 0 Å². The van der Waals surface area contributed by atoms with E-state index in [2.05, 4.69) is 0 Å². The Morgan fingerprint density at radius 1 is 0.933 bits per heavy atom. The van der Waals surface area contributed by atoms with Gasteiger partial charge in [0.05, 0.1) is 0 Å². The summed E-state index contributed by atoms with van der Waals surface area (Å²) in [6, 6.07) is 14.9. The molecule has 0 spiro atoms. The Hall–Kier alpha value is -1.28. The molecule has 0 atom stereocenters. The van der Waals surface area contributed by atoms with Crippen molar-refractivity contribution in [3.05, 3.63) is 59.9 Å². The Balaban J connectivity index is 2.22. The van der Waals surface area contributed by atoms with Gasteiger partial charge in [-0.25, -0.2) is 4.39 Å². The lowest BCUT2D eigenvalue weighted by Gasteiger charge is -2.02. The van der Waals surface area contributed by atoms with Crippen molar-refractivity contribution in [1.29, 1.82) is 0 Å². The van der Waals surface area contributed by atoms with Crippen molar-refractivity contribution >= 4 is 11.8 Å². The van der Waals surface area contributed by atoms with E-state index in [1.54, 1.807) is 12.1 Å². The summed E-state index contributed by atoms with van der Waals surface area (Å²) in [7, 11) is 0. The molecule has 0 radical (unpaired) electrons. The summed E-state index contributed by atoms with van der Waals surface area (Å²) >= 11 is 1.45. The van der Waals surface area contributed by atoms with Crippen LogP contribution in [0.4, 0.5) is 4.39 Å². The Morgan fingerprint density at radius 2 is 1.60 bits per heavy atom. The lowest BCUT2D eigenvalue weighted by Crippen LogP contribution is -1.79. The van der Waals surface area contributed by atoms with E-state index < -0.39 is 0 Å². The van der Waals surface area contributed by atoms with Crippen LogP contribution in [-0.2, 0) is 0 Å². The quantitative estimate of drug-likeness (QED) is 0.724. The normalized spacial score (nSPS) is 10.3. The van der Waals surface area contributed by atoms with Crippen molar-refractivity contribution in [2.45, 2.75) is 16.7 Å². The van der Waals surface area contributed by atoms with E-state index in [-0.39, 0.29) is 5.82 Å². The van der Waals surface area contributed by atoms with Crippen LogP contribution in [0.1, 0.15) is 5.56 Å². The average molecular weight is 218 g/mol. The van der Waals surface area contributed by atoms with E-state index in [1.165, 1.54) is 23.4 Å². The summed E-state index contributed by atoms with van der Waals surface area (Å²) < 4.78 is 13.3. The van der Waals surface area contributed by atoms with Crippen LogP contribution < -0.4 is 0 Å². The molecule has 0 fully saturated rings. The van der Waals surface area contributed by atoms with Gasteiger partial charge in [-0.1, -0.05) is 41.6 Å². The van der Waals surface area contributed by atoms with Crippen molar-refractivity contribution < 1.29 is 4.39 Å². The van der Waals surface area contributed by atoms with Crippen LogP contribution in [0.25, 0.3) is 0 Å². The van der Waals surface area contributed by atoms with Gasteiger partial charge in [0.1, 0.15) is 5.82 Å². The molecular formula is C13H11FS. The van der Waals surface area contributed by atoms with Crippen LogP contribution in [0, 0.1) is 12.7 Å². The molecule has 0 aliphatic carbocycles. The summed E-state index contributed by atoms with van der Waals surface area (Å²) in [5.74, 6) is -0.164. The maximum Gasteiger partial charge on any atom is 0.137 e. The van der Waals surface area contributed by atoms with Crippen LogP contribution in [0.15, 0.2) is 58.3 Å². The summed E-state index contributed by atoms with van der Waals surface area (Å²) in [5.41, 5.74) is 1.22. The molecule has 0 saturated carbocycles. The largest absolute Gasteiger partial charge is 0.206 e. The standard InChI is InChI=1S/C13H11FS/c1-10-6-8-11(9-7-10)15-13-5-3-2-4-12(13)14/h2-9H,1H3. The molecule has 2 aromatic carbocycles. The number of hydrogen-bond donors (Lipinski definition) is 0. The van der Waals surface area contributed by atoms with Crippen LogP contribution in [-0.4, -0.2) is 0 Å². The van der Waals surface area contributed by atoms with Crippen LogP contribution in [0.3, 0.4) is 0 Å². The fourth-order valence-corrected chi connectivity index (χ4v) is 2.10. The van der Waals surface area contributed by atoms with Crippen molar-refractivity contribution in [2.75, 3.05) is 0 Å². The lowest BCUT2D eigenvalue weighted by atomic mass is 10.2. The molecule has 0 unspecified atom stereocenters. The molecule has 2 heteroatoms. The minimum atomic E-state index is -0.164. The molecule has 0 bridgehead atoms. The maximum atomic E-state index is 13.3. The van der Waals surface area contributed by atoms with E-state index in [0.717, 1.165) is 4.90 Å². The first kappa shape index (κ1) is 10.2.